The van der Waals surface area contributed by atoms with Crippen molar-refractivity contribution >= 4 is 75.3 Å². The molecule has 3 amide bonds. The number of rotatable bonds is 26. The zero-order valence-electron chi connectivity index (χ0n) is 38.8. The lowest BCUT2D eigenvalue weighted by molar-refractivity contribution is -0.437. The first-order valence-electron chi connectivity index (χ1n) is 22.6. The van der Waals surface area contributed by atoms with Crippen molar-refractivity contribution in [1.29, 1.82) is 0 Å². The van der Waals surface area contributed by atoms with E-state index in [1.807, 2.05) is 30.2 Å². The standard InChI is InChI=1S/C46H60N4O15S4/c1-45(2)36-32-34(68(60,61)62)19-21-38(36)48(28-14-30-66(54,55)56)40(45)16-8-6-9-17-41-46(3,37-33-35(69(63,64)65)20-22-39(37)49(41)29-15-31-67(57,58)59)25-11-7-10-18-42(51)47-26-12-4-5-13-27-50-43(52)23-24-44(50)53/h6,8-9,16-17,19-24,32-33H,4-5,7,10-15,18,25-31H2,1-3H3,(H4-,47,51,54,55,56,57,58,59,60,61,62,63,64,65)/p+1. The molecule has 23 heteroatoms. The summed E-state index contributed by atoms with van der Waals surface area (Å²) in [7, 11) is -17.8. The molecule has 0 bridgehead atoms. The average Bonchev–Trinajstić information content (AvgIpc) is 3.77. The zero-order chi connectivity index (χ0) is 51.0. The van der Waals surface area contributed by atoms with Gasteiger partial charge >= 0.3 is 0 Å². The van der Waals surface area contributed by atoms with Crippen molar-refractivity contribution < 1.29 is 70.8 Å². The number of amides is 3. The first-order chi connectivity index (χ1) is 32.1. The number of nitrogens with zero attached hydrogens (tertiary/aromatic N) is 3. The number of benzene rings is 2. The van der Waals surface area contributed by atoms with Crippen LogP contribution >= 0.6 is 0 Å². The van der Waals surface area contributed by atoms with E-state index >= 15 is 0 Å². The van der Waals surface area contributed by atoms with Crippen molar-refractivity contribution in [3.05, 3.63) is 95.8 Å². The van der Waals surface area contributed by atoms with Gasteiger partial charge in [-0.3, -0.25) is 37.5 Å². The Kier molecular flexibility index (Phi) is 17.9. The van der Waals surface area contributed by atoms with Gasteiger partial charge < -0.3 is 10.2 Å². The van der Waals surface area contributed by atoms with Gasteiger partial charge in [0, 0.05) is 79.1 Å². The van der Waals surface area contributed by atoms with Crippen LogP contribution in [0.25, 0.3) is 0 Å². The van der Waals surface area contributed by atoms with Crippen LogP contribution in [-0.2, 0) is 65.7 Å². The van der Waals surface area contributed by atoms with E-state index < -0.39 is 62.8 Å². The summed E-state index contributed by atoms with van der Waals surface area (Å²) in [6, 6.07) is 8.29. The summed E-state index contributed by atoms with van der Waals surface area (Å²) in [5.74, 6) is -1.79. The Morgan fingerprint density at radius 3 is 1.88 bits per heavy atom. The zero-order valence-corrected chi connectivity index (χ0v) is 42.0. The van der Waals surface area contributed by atoms with E-state index in [0.717, 1.165) is 19.3 Å². The Labute approximate surface area is 404 Å². The molecule has 0 fully saturated rings. The molecule has 0 saturated carbocycles. The molecule has 1 unspecified atom stereocenters. The molecule has 3 heterocycles. The second kappa shape index (κ2) is 22.5. The number of carbonyl (C=O) groups excluding carboxylic acids is 3. The molecule has 3 aliphatic heterocycles. The minimum absolute atomic E-state index is 0.00345. The monoisotopic (exact) mass is 1040 g/mol. The van der Waals surface area contributed by atoms with Crippen molar-refractivity contribution in [1.82, 2.24) is 10.2 Å². The Hall–Kier alpha value is -4.88. The van der Waals surface area contributed by atoms with E-state index in [2.05, 4.69) is 5.32 Å². The van der Waals surface area contributed by atoms with Crippen molar-refractivity contribution in [2.75, 3.05) is 42.6 Å². The normalized spacial score (nSPS) is 19.0. The third-order valence-electron chi connectivity index (χ3n) is 12.6. The van der Waals surface area contributed by atoms with E-state index in [9.17, 15) is 66.3 Å². The molecule has 0 radical (unpaired) electrons. The van der Waals surface area contributed by atoms with E-state index in [-0.39, 0.29) is 59.9 Å². The lowest BCUT2D eigenvalue weighted by Gasteiger charge is -2.30. The first-order valence-corrected chi connectivity index (χ1v) is 28.7. The first kappa shape index (κ1) is 55.1. The fourth-order valence-electron chi connectivity index (χ4n) is 9.08. The van der Waals surface area contributed by atoms with Crippen molar-refractivity contribution in [2.45, 2.75) is 112 Å². The molecule has 5 N–H and O–H groups in total. The second-order valence-electron chi connectivity index (χ2n) is 18.0. The lowest BCUT2D eigenvalue weighted by atomic mass is 9.77. The van der Waals surface area contributed by atoms with Gasteiger partial charge in [-0.15, -0.1) is 0 Å². The Morgan fingerprint density at radius 1 is 0.667 bits per heavy atom. The van der Waals surface area contributed by atoms with Gasteiger partial charge in [0.05, 0.1) is 26.7 Å². The fourth-order valence-corrected chi connectivity index (χ4v) is 11.1. The molecule has 0 aliphatic carbocycles. The number of hydrogen-bond acceptors (Lipinski definition) is 12. The number of allylic oxidation sites excluding steroid dienone is 6. The van der Waals surface area contributed by atoms with Gasteiger partial charge in [-0.2, -0.15) is 38.2 Å². The molecule has 0 saturated heterocycles. The molecule has 2 aromatic carbocycles. The summed E-state index contributed by atoms with van der Waals surface area (Å²) < 4.78 is 136. The van der Waals surface area contributed by atoms with E-state index in [4.69, 9.17) is 0 Å². The van der Waals surface area contributed by atoms with Crippen LogP contribution in [0.4, 0.5) is 11.4 Å². The van der Waals surface area contributed by atoms with Crippen LogP contribution in [0.5, 0.6) is 0 Å². The summed E-state index contributed by atoms with van der Waals surface area (Å²) in [6.07, 6.45) is 16.7. The third-order valence-corrected chi connectivity index (χ3v) is 15.9. The summed E-state index contributed by atoms with van der Waals surface area (Å²) in [5, 5.41) is 2.93. The minimum Gasteiger partial charge on any atom is -0.356 e. The van der Waals surface area contributed by atoms with Crippen LogP contribution in [0.1, 0.15) is 103 Å². The maximum atomic E-state index is 12.7. The van der Waals surface area contributed by atoms with E-state index in [0.29, 0.717) is 79.1 Å². The number of anilines is 1. The summed E-state index contributed by atoms with van der Waals surface area (Å²) in [4.78, 5) is 38.5. The Morgan fingerprint density at radius 2 is 1.25 bits per heavy atom. The topological polar surface area (TPSA) is 290 Å². The molecule has 2 aromatic rings. The number of imide groups is 1. The maximum absolute atomic E-state index is 12.7. The van der Waals surface area contributed by atoms with Gasteiger partial charge in [0.25, 0.3) is 52.3 Å². The highest BCUT2D eigenvalue weighted by Gasteiger charge is 2.46. The van der Waals surface area contributed by atoms with E-state index in [1.165, 1.54) is 53.5 Å². The van der Waals surface area contributed by atoms with Crippen LogP contribution in [0.3, 0.4) is 0 Å². The predicted molar refractivity (Wildman–Crippen MR) is 259 cm³/mol. The van der Waals surface area contributed by atoms with Crippen LogP contribution < -0.4 is 10.2 Å². The largest absolute Gasteiger partial charge is 0.356 e. The van der Waals surface area contributed by atoms with Gasteiger partial charge in [-0.25, -0.2) is 0 Å². The SMILES string of the molecule is CC1(C)C(C=CC=CC=C2N(CCCS(=O)(=O)O)c3ccc(S(=O)(=O)O)cc3C2(C)CCCCCC(=O)NCCCCCCN2C(=O)C=CC2=O)=[N+](CCCS(=O)(=O)O)c2ccc(S(=O)(=O)O)cc21. The molecule has 0 aromatic heterocycles. The highest BCUT2D eigenvalue weighted by Crippen LogP contribution is 2.51. The van der Waals surface area contributed by atoms with Gasteiger partial charge in [-0.1, -0.05) is 43.9 Å². The fraction of sp³-hybridized carbons (Fsp3) is 0.478. The molecule has 19 nitrogen and oxygen atoms in total. The number of carbonyl (C=O) groups is 3. The van der Waals surface area contributed by atoms with Crippen LogP contribution in [-0.4, -0.2) is 122 Å². The predicted octanol–water partition coefficient (Wildman–Crippen LogP) is 5.44. The van der Waals surface area contributed by atoms with Gasteiger partial charge in [0.1, 0.15) is 6.54 Å². The molecule has 5 rings (SSSR count). The quantitative estimate of drug-likeness (QED) is 0.0258. The minimum atomic E-state index is -4.63. The number of hydrogen-bond donors (Lipinski definition) is 5. The molecule has 69 heavy (non-hydrogen) atoms. The molecule has 0 spiro atoms. The summed E-state index contributed by atoms with van der Waals surface area (Å²) in [6.45, 7) is 6.65. The van der Waals surface area contributed by atoms with Crippen molar-refractivity contribution in [3.63, 3.8) is 0 Å². The van der Waals surface area contributed by atoms with E-state index in [1.54, 1.807) is 30.4 Å². The third kappa shape index (κ3) is 14.6. The van der Waals surface area contributed by atoms with Gasteiger partial charge in [0.2, 0.25) is 11.6 Å². The van der Waals surface area contributed by atoms with Crippen LogP contribution in [0.2, 0.25) is 0 Å². The smallest absolute Gasteiger partial charge is 0.294 e. The molecule has 3 aliphatic rings. The maximum Gasteiger partial charge on any atom is 0.294 e. The average molecular weight is 1040 g/mol. The second-order valence-corrected chi connectivity index (χ2v) is 24.0. The highest BCUT2D eigenvalue weighted by atomic mass is 32.2. The number of unbranched alkanes of at least 4 members (excludes halogenated alkanes) is 5. The highest BCUT2D eigenvalue weighted by molar-refractivity contribution is 7.86. The summed E-state index contributed by atoms with van der Waals surface area (Å²) >= 11 is 0. The Bertz CT molecular complexity index is 2910. The van der Waals surface area contributed by atoms with Crippen molar-refractivity contribution in [2.24, 2.45) is 0 Å². The molecular formula is C46H61N4O15S4+. The summed E-state index contributed by atoms with van der Waals surface area (Å²) in [5.41, 5.74) is 1.79. The van der Waals surface area contributed by atoms with Gasteiger partial charge in [0.15, 0.2) is 5.71 Å². The lowest BCUT2D eigenvalue weighted by Crippen LogP contribution is -2.30. The molecular weight excluding hydrogens is 977 g/mol. The van der Waals surface area contributed by atoms with Crippen LogP contribution in [0.15, 0.2) is 94.4 Å². The number of fused-ring (bicyclic) bond motifs is 2. The van der Waals surface area contributed by atoms with Gasteiger partial charge in [-0.05, 0) is 94.8 Å². The number of nitrogens with one attached hydrogen (secondary N) is 1. The Balaban J connectivity index is 1.34. The molecule has 378 valence electrons. The molecule has 1 atom stereocenters. The van der Waals surface area contributed by atoms with Crippen LogP contribution in [0, 0.1) is 0 Å². The van der Waals surface area contributed by atoms with Crippen molar-refractivity contribution in [3.8, 4) is 0 Å².